The number of rotatable bonds is 6. The smallest absolute Gasteiger partial charge is 0.225 e. The Kier molecular flexibility index (Phi) is 6.82. The molecular weight excluding hydrogens is 485 g/mol. The molecule has 5 rings (SSSR count). The van der Waals surface area contributed by atoms with Crippen LogP contribution in [0, 0.1) is 0 Å². The van der Waals surface area contributed by atoms with Crippen LogP contribution in [-0.4, -0.2) is 36.1 Å². The number of fused-ring (bicyclic) bond motifs is 2. The van der Waals surface area contributed by atoms with Gasteiger partial charge in [-0.25, -0.2) is 4.98 Å². The molecule has 4 aromatic rings. The van der Waals surface area contributed by atoms with Crippen LogP contribution in [0.3, 0.4) is 0 Å². The standard InChI is InChI=1S/C26H27Cl2N5O2/c1-33(2)25-19-5-3-4-6-22(19)31-26(32-25)30-18-9-7-17(8-10-18)29-13-15-14-35-24-20(23(15)34)11-16(27)12-21(24)28/h3-6,11-12,14,17-18,29H,7-10,13H2,1-2H3,(H,30,31,32). The van der Waals surface area contributed by atoms with Gasteiger partial charge in [-0.3, -0.25) is 4.79 Å². The molecule has 0 bridgehead atoms. The average molecular weight is 512 g/mol. The summed E-state index contributed by atoms with van der Waals surface area (Å²) in [5.74, 6) is 1.57. The highest BCUT2D eigenvalue weighted by Gasteiger charge is 2.22. The van der Waals surface area contributed by atoms with E-state index < -0.39 is 0 Å². The van der Waals surface area contributed by atoms with Crippen LogP contribution in [0.2, 0.25) is 10.0 Å². The van der Waals surface area contributed by atoms with E-state index in [-0.39, 0.29) is 5.43 Å². The van der Waals surface area contributed by atoms with E-state index >= 15 is 0 Å². The first kappa shape index (κ1) is 23.9. The molecule has 2 heterocycles. The number of halogens is 2. The number of hydrogen-bond donors (Lipinski definition) is 2. The normalized spacial score (nSPS) is 18.2. The lowest BCUT2D eigenvalue weighted by molar-refractivity contribution is 0.351. The minimum absolute atomic E-state index is 0.108. The van der Waals surface area contributed by atoms with Crippen molar-refractivity contribution in [1.82, 2.24) is 15.3 Å². The lowest BCUT2D eigenvalue weighted by Gasteiger charge is -2.30. The summed E-state index contributed by atoms with van der Waals surface area (Å²) in [6.45, 7) is 0.436. The summed E-state index contributed by atoms with van der Waals surface area (Å²) in [5.41, 5.74) is 1.76. The van der Waals surface area contributed by atoms with Gasteiger partial charge in [-0.2, -0.15) is 4.98 Å². The van der Waals surface area contributed by atoms with E-state index in [0.717, 1.165) is 42.4 Å². The van der Waals surface area contributed by atoms with E-state index in [1.54, 1.807) is 12.1 Å². The molecule has 182 valence electrons. The van der Waals surface area contributed by atoms with Crippen molar-refractivity contribution in [1.29, 1.82) is 0 Å². The third-order valence-corrected chi connectivity index (χ3v) is 7.01. The molecule has 0 radical (unpaired) electrons. The first-order chi connectivity index (χ1) is 16.9. The first-order valence-electron chi connectivity index (χ1n) is 11.7. The fourth-order valence-electron chi connectivity index (χ4n) is 4.67. The SMILES string of the molecule is CN(C)c1nc(NC2CCC(NCc3coc4c(Cl)cc(Cl)cc4c3=O)CC2)nc2ccccc12. The van der Waals surface area contributed by atoms with Crippen LogP contribution in [0.25, 0.3) is 21.9 Å². The van der Waals surface area contributed by atoms with Crippen molar-refractivity contribution >= 4 is 56.8 Å². The lowest BCUT2D eigenvalue weighted by Crippen LogP contribution is -2.37. The van der Waals surface area contributed by atoms with Crippen molar-refractivity contribution in [3.8, 4) is 0 Å². The predicted octanol–water partition coefficient (Wildman–Crippen LogP) is 5.62. The Morgan fingerprint density at radius 1 is 1.03 bits per heavy atom. The summed E-state index contributed by atoms with van der Waals surface area (Å²) in [5, 5.41) is 9.25. The van der Waals surface area contributed by atoms with Crippen LogP contribution >= 0.6 is 23.2 Å². The molecule has 9 heteroatoms. The van der Waals surface area contributed by atoms with Crippen LogP contribution in [-0.2, 0) is 6.54 Å². The fraction of sp³-hybridized carbons (Fsp3) is 0.346. The number of nitrogens with one attached hydrogen (secondary N) is 2. The van der Waals surface area contributed by atoms with Crippen molar-refractivity contribution in [2.45, 2.75) is 44.3 Å². The zero-order chi connectivity index (χ0) is 24.5. The van der Waals surface area contributed by atoms with E-state index in [4.69, 9.17) is 37.6 Å². The number of aromatic nitrogens is 2. The second-order valence-electron chi connectivity index (χ2n) is 9.21. The van der Waals surface area contributed by atoms with Crippen molar-refractivity contribution < 1.29 is 4.42 Å². The Morgan fingerprint density at radius 2 is 1.77 bits per heavy atom. The highest BCUT2D eigenvalue weighted by Crippen LogP contribution is 2.28. The van der Waals surface area contributed by atoms with Gasteiger partial charge in [0.05, 0.1) is 22.2 Å². The highest BCUT2D eigenvalue weighted by molar-refractivity contribution is 6.38. The van der Waals surface area contributed by atoms with Gasteiger partial charge in [0.25, 0.3) is 0 Å². The molecule has 0 unspecified atom stereocenters. The van der Waals surface area contributed by atoms with Gasteiger partial charge in [0, 0.05) is 48.7 Å². The van der Waals surface area contributed by atoms with Gasteiger partial charge in [0.15, 0.2) is 11.0 Å². The minimum atomic E-state index is -0.108. The van der Waals surface area contributed by atoms with Gasteiger partial charge in [-0.1, -0.05) is 35.3 Å². The summed E-state index contributed by atoms with van der Waals surface area (Å²) >= 11 is 12.2. The first-order valence-corrected chi connectivity index (χ1v) is 12.5. The third-order valence-electron chi connectivity index (χ3n) is 6.51. The van der Waals surface area contributed by atoms with E-state index in [0.29, 0.717) is 51.2 Å². The van der Waals surface area contributed by atoms with Gasteiger partial charge >= 0.3 is 0 Å². The summed E-state index contributed by atoms with van der Waals surface area (Å²) in [7, 11) is 3.99. The summed E-state index contributed by atoms with van der Waals surface area (Å²) in [4.78, 5) is 24.4. The maximum atomic E-state index is 12.9. The van der Waals surface area contributed by atoms with Crippen molar-refractivity contribution in [3.05, 3.63) is 68.5 Å². The molecule has 35 heavy (non-hydrogen) atoms. The fourth-order valence-corrected chi connectivity index (χ4v) is 5.21. The molecular formula is C26H27Cl2N5O2. The molecule has 0 atom stereocenters. The van der Waals surface area contributed by atoms with Gasteiger partial charge in [-0.05, 0) is 49.9 Å². The summed E-state index contributed by atoms with van der Waals surface area (Å²) < 4.78 is 5.63. The van der Waals surface area contributed by atoms with Gasteiger partial charge in [0.1, 0.15) is 5.82 Å². The summed E-state index contributed by atoms with van der Waals surface area (Å²) in [6.07, 6.45) is 5.44. The van der Waals surface area contributed by atoms with E-state index in [1.807, 2.05) is 43.3 Å². The number of hydrogen-bond acceptors (Lipinski definition) is 7. The minimum Gasteiger partial charge on any atom is -0.462 e. The maximum absolute atomic E-state index is 12.9. The molecule has 1 fully saturated rings. The molecule has 0 spiro atoms. The van der Waals surface area contributed by atoms with E-state index in [2.05, 4.69) is 10.6 Å². The Labute approximate surface area is 213 Å². The molecule has 2 N–H and O–H groups in total. The molecule has 7 nitrogen and oxygen atoms in total. The molecule has 0 saturated heterocycles. The van der Waals surface area contributed by atoms with Crippen LogP contribution < -0.4 is 21.0 Å². The highest BCUT2D eigenvalue weighted by atomic mass is 35.5. The van der Waals surface area contributed by atoms with Crippen LogP contribution in [0.5, 0.6) is 0 Å². The monoisotopic (exact) mass is 511 g/mol. The van der Waals surface area contributed by atoms with E-state index in [9.17, 15) is 4.79 Å². The second kappa shape index (κ2) is 10.0. The van der Waals surface area contributed by atoms with Crippen molar-refractivity contribution in [3.63, 3.8) is 0 Å². The average Bonchev–Trinajstić information content (AvgIpc) is 2.84. The number of anilines is 2. The maximum Gasteiger partial charge on any atom is 0.225 e. The Hall–Kier alpha value is -2.87. The zero-order valence-corrected chi connectivity index (χ0v) is 21.2. The molecule has 0 amide bonds. The zero-order valence-electron chi connectivity index (χ0n) is 19.6. The number of para-hydroxylation sites is 1. The van der Waals surface area contributed by atoms with Gasteiger partial charge < -0.3 is 20.0 Å². The molecule has 0 aliphatic heterocycles. The Balaban J connectivity index is 1.21. The molecule has 1 saturated carbocycles. The number of nitrogens with zero attached hydrogens (tertiary/aromatic N) is 3. The van der Waals surface area contributed by atoms with Gasteiger partial charge in [-0.15, -0.1) is 0 Å². The molecule has 1 aliphatic carbocycles. The van der Waals surface area contributed by atoms with Crippen molar-refractivity contribution in [2.24, 2.45) is 0 Å². The molecule has 2 aromatic carbocycles. The topological polar surface area (TPSA) is 83.3 Å². The third kappa shape index (κ3) is 5.08. The Bertz CT molecular complexity index is 1430. The van der Waals surface area contributed by atoms with Gasteiger partial charge in [0.2, 0.25) is 5.95 Å². The second-order valence-corrected chi connectivity index (χ2v) is 10.1. The summed E-state index contributed by atoms with van der Waals surface area (Å²) in [6, 6.07) is 11.9. The molecule has 1 aliphatic rings. The van der Waals surface area contributed by atoms with E-state index in [1.165, 1.54) is 6.26 Å². The van der Waals surface area contributed by atoms with Crippen LogP contribution in [0.4, 0.5) is 11.8 Å². The predicted molar refractivity (Wildman–Crippen MR) is 143 cm³/mol. The Morgan fingerprint density at radius 3 is 2.54 bits per heavy atom. The number of benzene rings is 2. The van der Waals surface area contributed by atoms with Crippen LogP contribution in [0.1, 0.15) is 31.2 Å². The van der Waals surface area contributed by atoms with Crippen LogP contribution in [0.15, 0.2) is 51.9 Å². The quantitative estimate of drug-likeness (QED) is 0.347. The largest absolute Gasteiger partial charge is 0.462 e. The molecule has 2 aromatic heterocycles. The lowest BCUT2D eigenvalue weighted by atomic mass is 9.91. The van der Waals surface area contributed by atoms with Crippen molar-refractivity contribution in [2.75, 3.05) is 24.3 Å².